The van der Waals surface area contributed by atoms with Crippen molar-refractivity contribution in [2.45, 2.75) is 26.7 Å². The Bertz CT molecular complexity index is 1130. The van der Waals surface area contributed by atoms with E-state index in [4.69, 9.17) is 14.2 Å². The van der Waals surface area contributed by atoms with Gasteiger partial charge < -0.3 is 19.3 Å². The van der Waals surface area contributed by atoms with E-state index in [1.54, 1.807) is 48.5 Å². The first-order chi connectivity index (χ1) is 15.9. The van der Waals surface area contributed by atoms with Crippen LogP contribution in [0.3, 0.4) is 0 Å². The Kier molecular flexibility index (Phi) is 7.81. The van der Waals surface area contributed by atoms with Crippen LogP contribution in [-0.4, -0.2) is 29.6 Å². The molecular formula is C26H24O7. The molecule has 0 saturated heterocycles. The summed E-state index contributed by atoms with van der Waals surface area (Å²) in [5, 5.41) is 9.55. The number of unbranched alkanes of at least 4 members (excludes halogenated alkanes) is 1. The molecule has 0 aliphatic carbocycles. The molecule has 0 atom stereocenters. The van der Waals surface area contributed by atoms with Gasteiger partial charge in [0.15, 0.2) is 0 Å². The van der Waals surface area contributed by atoms with E-state index in [-0.39, 0.29) is 22.6 Å². The second-order valence-corrected chi connectivity index (χ2v) is 7.33. The molecule has 33 heavy (non-hydrogen) atoms. The van der Waals surface area contributed by atoms with Gasteiger partial charge in [-0.25, -0.2) is 14.4 Å². The van der Waals surface area contributed by atoms with Crippen LogP contribution in [0.25, 0.3) is 0 Å². The van der Waals surface area contributed by atoms with Gasteiger partial charge in [-0.05, 0) is 67.9 Å². The zero-order valence-corrected chi connectivity index (χ0v) is 18.4. The molecule has 3 rings (SSSR count). The SMILES string of the molecule is CCCCOc1ccc(C(=O)Oc2ccc(OC(=O)c3ccc(C)cc3)cc2C(=O)O)cc1. The second kappa shape index (κ2) is 10.9. The van der Waals surface area contributed by atoms with Crippen molar-refractivity contribution in [1.29, 1.82) is 0 Å². The highest BCUT2D eigenvalue weighted by atomic mass is 16.5. The van der Waals surface area contributed by atoms with Gasteiger partial charge >= 0.3 is 17.9 Å². The van der Waals surface area contributed by atoms with E-state index in [0.717, 1.165) is 24.5 Å². The molecule has 0 unspecified atom stereocenters. The van der Waals surface area contributed by atoms with Crippen LogP contribution in [0.15, 0.2) is 66.7 Å². The fourth-order valence-corrected chi connectivity index (χ4v) is 2.86. The lowest BCUT2D eigenvalue weighted by molar-refractivity contribution is 0.0670. The topological polar surface area (TPSA) is 99.1 Å². The zero-order chi connectivity index (χ0) is 23.8. The zero-order valence-electron chi connectivity index (χ0n) is 18.4. The van der Waals surface area contributed by atoms with E-state index in [1.165, 1.54) is 12.1 Å². The number of esters is 2. The molecule has 7 heteroatoms. The molecule has 0 bridgehead atoms. The molecule has 0 saturated carbocycles. The van der Waals surface area contributed by atoms with Crippen LogP contribution >= 0.6 is 0 Å². The lowest BCUT2D eigenvalue weighted by atomic mass is 10.1. The monoisotopic (exact) mass is 448 g/mol. The molecule has 0 heterocycles. The van der Waals surface area contributed by atoms with E-state index in [0.29, 0.717) is 17.9 Å². The Morgan fingerprint density at radius 2 is 1.36 bits per heavy atom. The second-order valence-electron chi connectivity index (χ2n) is 7.33. The van der Waals surface area contributed by atoms with Crippen LogP contribution < -0.4 is 14.2 Å². The Morgan fingerprint density at radius 1 is 0.788 bits per heavy atom. The Hall–Kier alpha value is -4.13. The summed E-state index contributed by atoms with van der Waals surface area (Å²) in [6, 6.07) is 16.9. The van der Waals surface area contributed by atoms with Crippen molar-refractivity contribution < 1.29 is 33.7 Å². The summed E-state index contributed by atoms with van der Waals surface area (Å²) in [6.07, 6.45) is 1.94. The lowest BCUT2D eigenvalue weighted by Crippen LogP contribution is -2.13. The van der Waals surface area contributed by atoms with Gasteiger partial charge in [-0.2, -0.15) is 0 Å². The first-order valence-corrected chi connectivity index (χ1v) is 10.5. The third-order valence-corrected chi connectivity index (χ3v) is 4.74. The number of aryl methyl sites for hydroxylation is 1. The molecule has 0 aliphatic heterocycles. The van der Waals surface area contributed by atoms with Crippen LogP contribution in [0.5, 0.6) is 17.2 Å². The van der Waals surface area contributed by atoms with Crippen molar-refractivity contribution >= 4 is 17.9 Å². The molecule has 0 amide bonds. The number of carbonyl (C=O) groups excluding carboxylic acids is 2. The fraction of sp³-hybridized carbons (Fsp3) is 0.192. The average Bonchev–Trinajstić information content (AvgIpc) is 2.81. The summed E-state index contributed by atoms with van der Waals surface area (Å²) < 4.78 is 16.1. The maximum Gasteiger partial charge on any atom is 0.343 e. The normalized spacial score (nSPS) is 10.4. The highest BCUT2D eigenvalue weighted by Crippen LogP contribution is 2.26. The van der Waals surface area contributed by atoms with Crippen molar-refractivity contribution in [2.24, 2.45) is 0 Å². The number of carbonyl (C=O) groups is 3. The van der Waals surface area contributed by atoms with Crippen LogP contribution in [0.2, 0.25) is 0 Å². The number of rotatable bonds is 9. The van der Waals surface area contributed by atoms with Gasteiger partial charge in [0.1, 0.15) is 22.8 Å². The Morgan fingerprint density at radius 3 is 1.97 bits per heavy atom. The smallest absolute Gasteiger partial charge is 0.343 e. The van der Waals surface area contributed by atoms with Crippen LogP contribution in [0.1, 0.15) is 56.4 Å². The highest BCUT2D eigenvalue weighted by Gasteiger charge is 2.19. The number of hydrogen-bond donors (Lipinski definition) is 1. The van der Waals surface area contributed by atoms with Crippen LogP contribution in [0, 0.1) is 6.92 Å². The van der Waals surface area contributed by atoms with E-state index in [1.807, 2.05) is 6.92 Å². The highest BCUT2D eigenvalue weighted by molar-refractivity contribution is 5.96. The minimum Gasteiger partial charge on any atom is -0.494 e. The minimum absolute atomic E-state index is 0.0198. The summed E-state index contributed by atoms with van der Waals surface area (Å²) in [4.78, 5) is 36.5. The fourth-order valence-electron chi connectivity index (χ4n) is 2.86. The number of aromatic carboxylic acids is 1. The van der Waals surface area contributed by atoms with Crippen molar-refractivity contribution in [3.05, 3.63) is 89.0 Å². The predicted octanol–water partition coefficient (Wildman–Crippen LogP) is 5.31. The Labute approximate surface area is 191 Å². The molecule has 1 N–H and O–H groups in total. The van der Waals surface area contributed by atoms with E-state index >= 15 is 0 Å². The molecule has 0 radical (unpaired) electrons. The largest absolute Gasteiger partial charge is 0.494 e. The van der Waals surface area contributed by atoms with Gasteiger partial charge in [0.25, 0.3) is 0 Å². The number of ether oxygens (including phenoxy) is 3. The maximum atomic E-state index is 12.5. The molecule has 0 aromatic heterocycles. The van der Waals surface area contributed by atoms with Gasteiger partial charge in [0, 0.05) is 0 Å². The quantitative estimate of drug-likeness (QED) is 0.269. The number of hydrogen-bond acceptors (Lipinski definition) is 6. The van der Waals surface area contributed by atoms with E-state index in [2.05, 4.69) is 6.92 Å². The Balaban J connectivity index is 1.71. The van der Waals surface area contributed by atoms with Gasteiger partial charge in [-0.1, -0.05) is 31.0 Å². The summed E-state index contributed by atoms with van der Waals surface area (Å²) in [5.74, 6) is -2.19. The molecule has 7 nitrogen and oxygen atoms in total. The van der Waals surface area contributed by atoms with Gasteiger partial charge in [0.05, 0.1) is 17.7 Å². The third kappa shape index (κ3) is 6.43. The standard InChI is InChI=1S/C26H24O7/c1-3-4-15-31-20-11-9-19(10-12-20)26(30)33-23-14-13-21(16-22(23)24(27)28)32-25(29)18-7-5-17(2)6-8-18/h5-14,16H,3-4,15H2,1-2H3,(H,27,28). The predicted molar refractivity (Wildman–Crippen MR) is 121 cm³/mol. The molecule has 0 aliphatic rings. The van der Waals surface area contributed by atoms with Crippen LogP contribution in [-0.2, 0) is 0 Å². The van der Waals surface area contributed by atoms with Gasteiger partial charge in [-0.15, -0.1) is 0 Å². The molecule has 0 spiro atoms. The van der Waals surface area contributed by atoms with Crippen molar-refractivity contribution in [3.63, 3.8) is 0 Å². The summed E-state index contributed by atoms with van der Waals surface area (Å²) in [5.41, 5.74) is 1.25. The molecule has 0 fully saturated rings. The first-order valence-electron chi connectivity index (χ1n) is 10.5. The van der Waals surface area contributed by atoms with Crippen molar-refractivity contribution in [2.75, 3.05) is 6.61 Å². The van der Waals surface area contributed by atoms with E-state index in [9.17, 15) is 19.5 Å². The average molecular weight is 448 g/mol. The summed E-state index contributed by atoms with van der Waals surface area (Å²) >= 11 is 0. The van der Waals surface area contributed by atoms with Gasteiger partial charge in [0.2, 0.25) is 0 Å². The van der Waals surface area contributed by atoms with E-state index < -0.39 is 17.9 Å². The number of carboxylic acids is 1. The summed E-state index contributed by atoms with van der Waals surface area (Å²) in [6.45, 7) is 4.54. The maximum absolute atomic E-state index is 12.5. The summed E-state index contributed by atoms with van der Waals surface area (Å²) in [7, 11) is 0. The van der Waals surface area contributed by atoms with Crippen molar-refractivity contribution in [3.8, 4) is 17.2 Å². The molecule has 3 aromatic rings. The molecular weight excluding hydrogens is 424 g/mol. The van der Waals surface area contributed by atoms with Gasteiger partial charge in [-0.3, -0.25) is 0 Å². The minimum atomic E-state index is -1.33. The first kappa shape index (κ1) is 23.5. The molecule has 170 valence electrons. The van der Waals surface area contributed by atoms with Crippen LogP contribution in [0.4, 0.5) is 0 Å². The lowest BCUT2D eigenvalue weighted by Gasteiger charge is -2.11. The number of carboxylic acid groups (broad SMARTS) is 1. The van der Waals surface area contributed by atoms with Crippen molar-refractivity contribution in [1.82, 2.24) is 0 Å². The third-order valence-electron chi connectivity index (χ3n) is 4.74. The molecule has 3 aromatic carbocycles. The number of benzene rings is 3.